The van der Waals surface area contributed by atoms with Gasteiger partial charge in [0, 0.05) is 26.2 Å². The first-order valence-electron chi connectivity index (χ1n) is 6.11. The lowest BCUT2D eigenvalue weighted by Crippen LogP contribution is -2.44. The molecule has 1 fully saturated rings. The highest BCUT2D eigenvalue weighted by Crippen LogP contribution is 2.17. The summed E-state index contributed by atoms with van der Waals surface area (Å²) in [6, 6.07) is 0.314. The van der Waals surface area contributed by atoms with Gasteiger partial charge in [0.15, 0.2) is 0 Å². The van der Waals surface area contributed by atoms with Crippen molar-refractivity contribution in [1.82, 2.24) is 9.62 Å². The predicted molar refractivity (Wildman–Crippen MR) is 68.5 cm³/mol. The van der Waals surface area contributed by atoms with Crippen molar-refractivity contribution < 1.29 is 13.2 Å². The Morgan fingerprint density at radius 2 is 2.24 bits per heavy atom. The number of methoxy groups -OCH3 is 1. The third kappa shape index (κ3) is 5.33. The number of ether oxygens (including phenoxy) is 1. The van der Waals surface area contributed by atoms with Crippen molar-refractivity contribution in [3.05, 3.63) is 0 Å². The van der Waals surface area contributed by atoms with Crippen LogP contribution in [0, 0.1) is 5.92 Å². The highest BCUT2D eigenvalue weighted by Gasteiger charge is 2.25. The Kier molecular flexibility index (Phi) is 5.85. The summed E-state index contributed by atoms with van der Waals surface area (Å²) in [5.41, 5.74) is 0. The average molecular weight is 264 g/mol. The van der Waals surface area contributed by atoms with Crippen LogP contribution >= 0.6 is 0 Å². The quantitative estimate of drug-likeness (QED) is 0.749. The Balaban J connectivity index is 2.35. The fourth-order valence-corrected chi connectivity index (χ4v) is 3.11. The van der Waals surface area contributed by atoms with Gasteiger partial charge >= 0.3 is 0 Å². The summed E-state index contributed by atoms with van der Waals surface area (Å²) >= 11 is 0. The van der Waals surface area contributed by atoms with E-state index in [1.54, 1.807) is 11.4 Å². The van der Waals surface area contributed by atoms with Crippen LogP contribution in [0.15, 0.2) is 0 Å². The number of rotatable bonds is 6. The van der Waals surface area contributed by atoms with Crippen molar-refractivity contribution in [2.75, 3.05) is 39.6 Å². The van der Waals surface area contributed by atoms with Gasteiger partial charge in [-0.05, 0) is 32.2 Å². The molecule has 1 saturated heterocycles. The molecule has 1 rings (SSSR count). The highest BCUT2D eigenvalue weighted by atomic mass is 32.2. The van der Waals surface area contributed by atoms with Crippen molar-refractivity contribution in [1.29, 1.82) is 0 Å². The molecule has 0 aromatic heterocycles. The molecule has 1 N–H and O–H groups in total. The number of nitrogens with one attached hydrogen (secondary N) is 1. The van der Waals surface area contributed by atoms with E-state index in [1.165, 1.54) is 6.26 Å². The fourth-order valence-electron chi connectivity index (χ4n) is 2.17. The predicted octanol–water partition coefficient (Wildman–Crippen LogP) is 0.283. The van der Waals surface area contributed by atoms with Gasteiger partial charge in [-0.25, -0.2) is 12.7 Å². The van der Waals surface area contributed by atoms with Crippen molar-refractivity contribution in [3.8, 4) is 0 Å². The number of hydrogen-bond acceptors (Lipinski definition) is 4. The Bertz CT molecular complexity index is 319. The second kappa shape index (κ2) is 6.68. The maximum absolute atomic E-state index is 11.5. The van der Waals surface area contributed by atoms with Crippen LogP contribution in [0.3, 0.4) is 0 Å². The van der Waals surface area contributed by atoms with E-state index in [-0.39, 0.29) is 0 Å². The van der Waals surface area contributed by atoms with E-state index < -0.39 is 10.0 Å². The molecule has 0 amide bonds. The molecule has 0 aliphatic carbocycles. The van der Waals surface area contributed by atoms with E-state index in [1.807, 2.05) is 0 Å². The molecule has 0 spiro atoms. The summed E-state index contributed by atoms with van der Waals surface area (Å²) in [6.45, 7) is 4.92. The van der Waals surface area contributed by atoms with E-state index in [0.717, 1.165) is 19.4 Å². The molecule has 2 atom stereocenters. The number of nitrogens with zero attached hydrogens (tertiary/aromatic N) is 1. The summed E-state index contributed by atoms with van der Waals surface area (Å²) in [5.74, 6) is 0.415. The minimum Gasteiger partial charge on any atom is -0.383 e. The third-order valence-electron chi connectivity index (χ3n) is 3.12. The first kappa shape index (κ1) is 14.9. The van der Waals surface area contributed by atoms with Gasteiger partial charge in [0.2, 0.25) is 10.0 Å². The van der Waals surface area contributed by atoms with Crippen LogP contribution in [-0.2, 0) is 14.8 Å². The second-order valence-electron chi connectivity index (χ2n) is 4.89. The Morgan fingerprint density at radius 1 is 1.53 bits per heavy atom. The van der Waals surface area contributed by atoms with Gasteiger partial charge in [-0.2, -0.15) is 0 Å². The molecule has 0 bridgehead atoms. The molecule has 0 aromatic carbocycles. The zero-order valence-corrected chi connectivity index (χ0v) is 11.8. The van der Waals surface area contributed by atoms with Gasteiger partial charge in [-0.15, -0.1) is 0 Å². The van der Waals surface area contributed by atoms with Crippen LogP contribution in [0.4, 0.5) is 0 Å². The highest BCUT2D eigenvalue weighted by molar-refractivity contribution is 7.88. The molecule has 1 heterocycles. The molecular weight excluding hydrogens is 240 g/mol. The SMILES string of the molecule is COCC(C)NCC1CCCN(S(C)(=O)=O)C1. The Labute approximate surface area is 105 Å². The molecule has 0 radical (unpaired) electrons. The lowest BCUT2D eigenvalue weighted by atomic mass is 9.99. The van der Waals surface area contributed by atoms with Crippen LogP contribution in [-0.4, -0.2) is 58.4 Å². The van der Waals surface area contributed by atoms with Gasteiger partial charge in [-0.1, -0.05) is 0 Å². The smallest absolute Gasteiger partial charge is 0.211 e. The maximum atomic E-state index is 11.5. The van der Waals surface area contributed by atoms with E-state index in [2.05, 4.69) is 12.2 Å². The van der Waals surface area contributed by atoms with Crippen LogP contribution in [0.2, 0.25) is 0 Å². The molecule has 6 heteroatoms. The van der Waals surface area contributed by atoms with E-state index in [4.69, 9.17) is 4.74 Å². The largest absolute Gasteiger partial charge is 0.383 e. The van der Waals surface area contributed by atoms with Gasteiger partial charge in [0.05, 0.1) is 12.9 Å². The second-order valence-corrected chi connectivity index (χ2v) is 6.88. The van der Waals surface area contributed by atoms with Crippen molar-refractivity contribution >= 4 is 10.0 Å². The number of piperidine rings is 1. The lowest BCUT2D eigenvalue weighted by Gasteiger charge is -2.31. The van der Waals surface area contributed by atoms with Crippen molar-refractivity contribution in [3.63, 3.8) is 0 Å². The molecule has 0 aromatic rings. The zero-order chi connectivity index (χ0) is 12.9. The van der Waals surface area contributed by atoms with Crippen LogP contribution in [0.25, 0.3) is 0 Å². The topological polar surface area (TPSA) is 58.6 Å². The molecule has 0 saturated carbocycles. The third-order valence-corrected chi connectivity index (χ3v) is 4.39. The summed E-state index contributed by atoms with van der Waals surface area (Å²) in [5, 5.41) is 3.38. The minimum absolute atomic E-state index is 0.314. The standard InChI is InChI=1S/C11H24N2O3S/c1-10(9-16-2)12-7-11-5-4-6-13(8-11)17(3,14)15/h10-12H,4-9H2,1-3H3. The van der Waals surface area contributed by atoms with Crippen LogP contribution < -0.4 is 5.32 Å². The number of hydrogen-bond donors (Lipinski definition) is 1. The van der Waals surface area contributed by atoms with Crippen molar-refractivity contribution in [2.24, 2.45) is 5.92 Å². The monoisotopic (exact) mass is 264 g/mol. The van der Waals surface area contributed by atoms with Crippen LogP contribution in [0.1, 0.15) is 19.8 Å². The molecule has 102 valence electrons. The zero-order valence-electron chi connectivity index (χ0n) is 11.0. The molecule has 17 heavy (non-hydrogen) atoms. The molecule has 5 nitrogen and oxygen atoms in total. The van der Waals surface area contributed by atoms with Gasteiger partial charge in [0.25, 0.3) is 0 Å². The average Bonchev–Trinajstić information content (AvgIpc) is 2.26. The minimum atomic E-state index is -3.03. The van der Waals surface area contributed by atoms with E-state index in [9.17, 15) is 8.42 Å². The van der Waals surface area contributed by atoms with Crippen molar-refractivity contribution in [2.45, 2.75) is 25.8 Å². The molecule has 1 aliphatic heterocycles. The van der Waals surface area contributed by atoms with Gasteiger partial charge < -0.3 is 10.1 Å². The molecular formula is C11H24N2O3S. The summed E-state index contributed by atoms with van der Waals surface area (Å²) < 4.78 is 29.6. The molecule has 1 aliphatic rings. The summed E-state index contributed by atoms with van der Waals surface area (Å²) in [6.07, 6.45) is 3.34. The van der Waals surface area contributed by atoms with E-state index in [0.29, 0.717) is 31.7 Å². The summed E-state index contributed by atoms with van der Waals surface area (Å²) in [4.78, 5) is 0. The first-order chi connectivity index (χ1) is 7.93. The maximum Gasteiger partial charge on any atom is 0.211 e. The Hall–Kier alpha value is -0.170. The van der Waals surface area contributed by atoms with Gasteiger partial charge in [-0.3, -0.25) is 0 Å². The van der Waals surface area contributed by atoms with Gasteiger partial charge in [0.1, 0.15) is 0 Å². The summed E-state index contributed by atoms with van der Waals surface area (Å²) in [7, 11) is -1.34. The first-order valence-corrected chi connectivity index (χ1v) is 7.95. The lowest BCUT2D eigenvalue weighted by molar-refractivity contribution is 0.165. The fraction of sp³-hybridized carbons (Fsp3) is 1.00. The van der Waals surface area contributed by atoms with Crippen LogP contribution in [0.5, 0.6) is 0 Å². The normalized spacial score (nSPS) is 24.8. The van der Waals surface area contributed by atoms with E-state index >= 15 is 0 Å². The Morgan fingerprint density at radius 3 is 2.82 bits per heavy atom. The number of sulfonamides is 1. The molecule has 2 unspecified atom stereocenters.